The third-order valence-electron chi connectivity index (χ3n) is 3.23. The molecule has 98 valence electrons. The maximum atomic E-state index is 5.34. The number of benzene rings is 1. The van der Waals surface area contributed by atoms with Gasteiger partial charge in [-0.05, 0) is 23.1 Å². The van der Waals surface area contributed by atoms with Crippen LogP contribution in [0, 0.1) is 0 Å². The van der Waals surface area contributed by atoms with Crippen LogP contribution in [-0.4, -0.2) is 15.1 Å². The van der Waals surface area contributed by atoms with E-state index in [1.54, 1.807) is 11.3 Å². The Balaban J connectivity index is 1.66. The number of nitrogens with zero attached hydrogens (tertiary/aromatic N) is 2. The van der Waals surface area contributed by atoms with E-state index in [1.807, 2.05) is 35.8 Å². The highest BCUT2D eigenvalue weighted by Gasteiger charge is 2.12. The smallest absolute Gasteiger partial charge is 0.231 e. The van der Waals surface area contributed by atoms with Crippen LogP contribution in [0.25, 0.3) is 21.6 Å². The molecule has 0 atom stereocenters. The van der Waals surface area contributed by atoms with Gasteiger partial charge < -0.3 is 9.51 Å². The standard InChI is InChI=1S/C15H11N3OS/c1-2-5-12-11(4-1)10(9-16-12)8-14-17-15(18-19-14)13-6-3-7-20-13/h1-7,9,16H,8H2. The van der Waals surface area contributed by atoms with E-state index in [0.29, 0.717) is 18.1 Å². The van der Waals surface area contributed by atoms with Crippen molar-refractivity contribution in [3.8, 4) is 10.7 Å². The third-order valence-corrected chi connectivity index (χ3v) is 4.09. The van der Waals surface area contributed by atoms with Crippen LogP contribution < -0.4 is 0 Å². The van der Waals surface area contributed by atoms with Gasteiger partial charge in [-0.2, -0.15) is 4.98 Å². The lowest BCUT2D eigenvalue weighted by Crippen LogP contribution is -1.86. The maximum Gasteiger partial charge on any atom is 0.231 e. The Morgan fingerprint density at radius 3 is 3.00 bits per heavy atom. The lowest BCUT2D eigenvalue weighted by Gasteiger charge is -1.93. The van der Waals surface area contributed by atoms with Gasteiger partial charge in [-0.1, -0.05) is 29.4 Å². The van der Waals surface area contributed by atoms with Crippen LogP contribution in [0.3, 0.4) is 0 Å². The number of aromatic nitrogens is 3. The molecule has 0 amide bonds. The Labute approximate surface area is 119 Å². The van der Waals surface area contributed by atoms with Gasteiger partial charge in [0.2, 0.25) is 11.7 Å². The van der Waals surface area contributed by atoms with Crippen molar-refractivity contribution in [2.24, 2.45) is 0 Å². The first-order valence-corrected chi connectivity index (χ1v) is 7.19. The summed E-state index contributed by atoms with van der Waals surface area (Å²) in [6, 6.07) is 12.2. The topological polar surface area (TPSA) is 54.7 Å². The Morgan fingerprint density at radius 2 is 2.10 bits per heavy atom. The fourth-order valence-electron chi connectivity index (χ4n) is 2.27. The van der Waals surface area contributed by atoms with Crippen molar-refractivity contribution < 1.29 is 4.52 Å². The lowest BCUT2D eigenvalue weighted by atomic mass is 10.1. The average molecular weight is 281 g/mol. The number of thiophene rings is 1. The molecule has 0 bridgehead atoms. The number of hydrogen-bond acceptors (Lipinski definition) is 4. The average Bonchev–Trinajstić information content (AvgIpc) is 3.19. The molecule has 20 heavy (non-hydrogen) atoms. The van der Waals surface area contributed by atoms with E-state index in [0.717, 1.165) is 10.4 Å². The molecule has 1 N–H and O–H groups in total. The first kappa shape index (κ1) is 11.4. The van der Waals surface area contributed by atoms with Crippen LogP contribution in [-0.2, 0) is 6.42 Å². The van der Waals surface area contributed by atoms with E-state index in [2.05, 4.69) is 27.3 Å². The molecule has 0 unspecified atom stereocenters. The highest BCUT2D eigenvalue weighted by atomic mass is 32.1. The Hall–Kier alpha value is -2.40. The fraction of sp³-hybridized carbons (Fsp3) is 0.0667. The van der Waals surface area contributed by atoms with Gasteiger partial charge >= 0.3 is 0 Å². The predicted molar refractivity (Wildman–Crippen MR) is 78.7 cm³/mol. The molecule has 4 nitrogen and oxygen atoms in total. The highest BCUT2D eigenvalue weighted by Crippen LogP contribution is 2.24. The molecule has 3 aromatic heterocycles. The maximum absolute atomic E-state index is 5.34. The minimum Gasteiger partial charge on any atom is -0.361 e. The van der Waals surface area contributed by atoms with Crippen LogP contribution in [0.4, 0.5) is 0 Å². The molecule has 4 rings (SSSR count). The Morgan fingerprint density at radius 1 is 1.15 bits per heavy atom. The summed E-state index contributed by atoms with van der Waals surface area (Å²) in [7, 11) is 0. The highest BCUT2D eigenvalue weighted by molar-refractivity contribution is 7.13. The molecule has 1 aromatic carbocycles. The molecule has 0 saturated heterocycles. The molecular weight excluding hydrogens is 270 g/mol. The second-order valence-corrected chi connectivity index (χ2v) is 5.47. The monoisotopic (exact) mass is 281 g/mol. The van der Waals surface area contributed by atoms with E-state index >= 15 is 0 Å². The summed E-state index contributed by atoms with van der Waals surface area (Å²) in [5, 5.41) is 7.24. The number of hydrogen-bond donors (Lipinski definition) is 1. The normalized spacial score (nSPS) is 11.2. The summed E-state index contributed by atoms with van der Waals surface area (Å²) >= 11 is 1.61. The summed E-state index contributed by atoms with van der Waals surface area (Å²) in [6.07, 6.45) is 2.64. The molecule has 0 spiro atoms. The predicted octanol–water partition coefficient (Wildman–Crippen LogP) is 3.87. The number of aromatic amines is 1. The molecule has 0 fully saturated rings. The van der Waals surface area contributed by atoms with Crippen LogP contribution in [0.2, 0.25) is 0 Å². The quantitative estimate of drug-likeness (QED) is 0.620. The van der Waals surface area contributed by atoms with Gasteiger partial charge in [-0.3, -0.25) is 0 Å². The van der Waals surface area contributed by atoms with Crippen molar-refractivity contribution in [2.75, 3.05) is 0 Å². The van der Waals surface area contributed by atoms with E-state index in [9.17, 15) is 0 Å². The molecule has 5 heteroatoms. The number of H-pyrrole nitrogens is 1. The zero-order chi connectivity index (χ0) is 13.4. The molecule has 4 aromatic rings. The summed E-state index contributed by atoms with van der Waals surface area (Å²) in [5.74, 6) is 1.30. The molecule has 3 heterocycles. The van der Waals surface area contributed by atoms with E-state index in [-0.39, 0.29) is 0 Å². The third kappa shape index (κ3) is 1.92. The zero-order valence-electron chi connectivity index (χ0n) is 10.5. The van der Waals surface area contributed by atoms with Crippen molar-refractivity contribution >= 4 is 22.2 Å². The first-order chi connectivity index (χ1) is 9.90. The van der Waals surface area contributed by atoms with E-state index in [1.165, 1.54) is 10.9 Å². The van der Waals surface area contributed by atoms with Gasteiger partial charge in [0.25, 0.3) is 0 Å². The number of para-hydroxylation sites is 1. The lowest BCUT2D eigenvalue weighted by molar-refractivity contribution is 0.386. The SMILES string of the molecule is c1csc(-c2noc(Cc3c[nH]c4ccccc34)n2)c1. The Kier molecular flexibility index (Phi) is 2.63. The molecule has 0 aliphatic rings. The van der Waals surface area contributed by atoms with E-state index in [4.69, 9.17) is 4.52 Å². The summed E-state index contributed by atoms with van der Waals surface area (Å²) in [6.45, 7) is 0. The Bertz CT molecular complexity index is 845. The van der Waals surface area contributed by atoms with Gasteiger partial charge in [-0.25, -0.2) is 0 Å². The van der Waals surface area contributed by atoms with Crippen molar-refractivity contribution in [3.63, 3.8) is 0 Å². The van der Waals surface area contributed by atoms with Gasteiger partial charge in [0, 0.05) is 17.1 Å². The second kappa shape index (κ2) is 4.61. The second-order valence-electron chi connectivity index (χ2n) is 4.53. The summed E-state index contributed by atoms with van der Waals surface area (Å²) in [5.41, 5.74) is 2.29. The minimum atomic E-state index is 0.637. The largest absolute Gasteiger partial charge is 0.361 e. The number of nitrogens with one attached hydrogen (secondary N) is 1. The van der Waals surface area contributed by atoms with Gasteiger partial charge in [0.15, 0.2) is 0 Å². The molecule has 0 radical (unpaired) electrons. The first-order valence-electron chi connectivity index (χ1n) is 6.31. The minimum absolute atomic E-state index is 0.637. The summed E-state index contributed by atoms with van der Waals surface area (Å²) < 4.78 is 5.34. The molecule has 0 aliphatic carbocycles. The van der Waals surface area contributed by atoms with Crippen molar-refractivity contribution in [3.05, 3.63) is 59.4 Å². The van der Waals surface area contributed by atoms with Crippen molar-refractivity contribution in [1.82, 2.24) is 15.1 Å². The molecule has 0 aliphatic heterocycles. The molecule has 0 saturated carbocycles. The van der Waals surface area contributed by atoms with Crippen molar-refractivity contribution in [1.29, 1.82) is 0 Å². The molecular formula is C15H11N3OS. The van der Waals surface area contributed by atoms with Crippen LogP contribution in [0.15, 0.2) is 52.5 Å². The summed E-state index contributed by atoms with van der Waals surface area (Å²) in [4.78, 5) is 8.73. The van der Waals surface area contributed by atoms with Crippen LogP contribution >= 0.6 is 11.3 Å². The van der Waals surface area contributed by atoms with Gasteiger partial charge in [0.1, 0.15) is 0 Å². The van der Waals surface area contributed by atoms with Gasteiger partial charge in [0.05, 0.1) is 11.3 Å². The van der Waals surface area contributed by atoms with E-state index < -0.39 is 0 Å². The number of fused-ring (bicyclic) bond motifs is 1. The van der Waals surface area contributed by atoms with Gasteiger partial charge in [-0.15, -0.1) is 11.3 Å². The zero-order valence-corrected chi connectivity index (χ0v) is 11.4. The van der Waals surface area contributed by atoms with Crippen LogP contribution in [0.5, 0.6) is 0 Å². The van der Waals surface area contributed by atoms with Crippen LogP contribution in [0.1, 0.15) is 11.5 Å². The van der Waals surface area contributed by atoms with Crippen molar-refractivity contribution in [2.45, 2.75) is 6.42 Å². The number of rotatable bonds is 3. The fourth-order valence-corrected chi connectivity index (χ4v) is 2.92.